The molecular formula is C17H20N2O4. The van der Waals surface area contributed by atoms with E-state index < -0.39 is 6.04 Å². The Hall–Kier alpha value is -2.37. The van der Waals surface area contributed by atoms with Crippen LogP contribution in [0.1, 0.15) is 35.7 Å². The average molecular weight is 316 g/mol. The first-order valence-electron chi connectivity index (χ1n) is 7.82. The number of rotatable bonds is 2. The molecule has 122 valence electrons. The van der Waals surface area contributed by atoms with Crippen LogP contribution in [0.3, 0.4) is 0 Å². The Labute approximate surface area is 135 Å². The molecule has 2 aliphatic rings. The predicted molar refractivity (Wildman–Crippen MR) is 84.2 cm³/mol. The van der Waals surface area contributed by atoms with Gasteiger partial charge in [0.05, 0.1) is 7.11 Å². The lowest BCUT2D eigenvalue weighted by molar-refractivity contribution is -0.145. The highest BCUT2D eigenvalue weighted by atomic mass is 16.5. The van der Waals surface area contributed by atoms with Gasteiger partial charge in [-0.05, 0) is 43.0 Å². The molecule has 1 aromatic carbocycles. The highest BCUT2D eigenvalue weighted by Gasteiger charge is 2.35. The van der Waals surface area contributed by atoms with Crippen molar-refractivity contribution < 1.29 is 19.1 Å². The van der Waals surface area contributed by atoms with Crippen LogP contribution >= 0.6 is 0 Å². The number of methoxy groups -OCH3 is 1. The number of fused-ring (bicyclic) bond motifs is 1. The Morgan fingerprint density at radius 1 is 1.22 bits per heavy atom. The maximum Gasteiger partial charge on any atom is 0.328 e. The molecule has 0 spiro atoms. The van der Waals surface area contributed by atoms with Crippen molar-refractivity contribution in [2.45, 2.75) is 32.2 Å². The van der Waals surface area contributed by atoms with Crippen molar-refractivity contribution in [3.8, 4) is 0 Å². The SMILES string of the molecule is COC(=O)[C@H]1CCCN1C(=O)c1ccc2c(c1)CCN2C(C)=O. The number of hydrogen-bond acceptors (Lipinski definition) is 4. The third-order valence-corrected chi connectivity index (χ3v) is 4.59. The Balaban J connectivity index is 1.84. The summed E-state index contributed by atoms with van der Waals surface area (Å²) < 4.78 is 4.79. The molecule has 1 fully saturated rings. The first-order valence-corrected chi connectivity index (χ1v) is 7.82. The number of benzene rings is 1. The number of hydrogen-bond donors (Lipinski definition) is 0. The molecule has 2 aliphatic heterocycles. The van der Waals surface area contributed by atoms with Gasteiger partial charge in [-0.15, -0.1) is 0 Å². The third kappa shape index (κ3) is 2.69. The number of carbonyl (C=O) groups excluding carboxylic acids is 3. The minimum atomic E-state index is -0.491. The van der Waals surface area contributed by atoms with E-state index in [1.807, 2.05) is 12.1 Å². The van der Waals surface area contributed by atoms with Gasteiger partial charge in [-0.3, -0.25) is 9.59 Å². The van der Waals surface area contributed by atoms with E-state index in [0.717, 1.165) is 24.1 Å². The van der Waals surface area contributed by atoms with Crippen molar-refractivity contribution in [1.82, 2.24) is 4.90 Å². The zero-order valence-corrected chi connectivity index (χ0v) is 13.4. The quantitative estimate of drug-likeness (QED) is 0.773. The summed E-state index contributed by atoms with van der Waals surface area (Å²) in [5, 5.41) is 0. The second kappa shape index (κ2) is 6.02. The van der Waals surface area contributed by atoms with E-state index in [2.05, 4.69) is 0 Å². The smallest absolute Gasteiger partial charge is 0.328 e. The average Bonchev–Trinajstić information content (AvgIpc) is 3.19. The summed E-state index contributed by atoms with van der Waals surface area (Å²) in [6.07, 6.45) is 2.19. The third-order valence-electron chi connectivity index (χ3n) is 4.59. The van der Waals surface area contributed by atoms with Gasteiger partial charge in [0.1, 0.15) is 6.04 Å². The summed E-state index contributed by atoms with van der Waals surface area (Å²) >= 11 is 0. The van der Waals surface area contributed by atoms with E-state index in [9.17, 15) is 14.4 Å². The molecule has 2 heterocycles. The van der Waals surface area contributed by atoms with E-state index in [-0.39, 0.29) is 17.8 Å². The lowest BCUT2D eigenvalue weighted by Crippen LogP contribution is -2.41. The van der Waals surface area contributed by atoms with Crippen molar-refractivity contribution >= 4 is 23.5 Å². The van der Waals surface area contributed by atoms with Crippen LogP contribution in [0.5, 0.6) is 0 Å². The number of esters is 1. The first kappa shape index (κ1) is 15.5. The Kier molecular flexibility index (Phi) is 4.07. The molecule has 23 heavy (non-hydrogen) atoms. The van der Waals surface area contributed by atoms with Gasteiger partial charge in [0.15, 0.2) is 0 Å². The van der Waals surface area contributed by atoms with Crippen LogP contribution in [0.4, 0.5) is 5.69 Å². The highest BCUT2D eigenvalue weighted by molar-refractivity contribution is 5.99. The number of likely N-dealkylation sites (tertiary alicyclic amines) is 1. The van der Waals surface area contributed by atoms with E-state index >= 15 is 0 Å². The van der Waals surface area contributed by atoms with Gasteiger partial charge in [-0.2, -0.15) is 0 Å². The summed E-state index contributed by atoms with van der Waals surface area (Å²) in [5.41, 5.74) is 2.44. The minimum absolute atomic E-state index is 0.00752. The molecule has 0 N–H and O–H groups in total. The van der Waals surface area contributed by atoms with Crippen LogP contribution in [0.25, 0.3) is 0 Å². The summed E-state index contributed by atoms with van der Waals surface area (Å²) in [5.74, 6) is -0.505. The van der Waals surface area contributed by atoms with Gasteiger partial charge in [0, 0.05) is 31.3 Å². The van der Waals surface area contributed by atoms with Crippen LogP contribution in [0.2, 0.25) is 0 Å². The topological polar surface area (TPSA) is 66.9 Å². The van der Waals surface area contributed by atoms with Gasteiger partial charge in [0.2, 0.25) is 5.91 Å². The molecule has 2 amide bonds. The highest BCUT2D eigenvalue weighted by Crippen LogP contribution is 2.30. The van der Waals surface area contributed by atoms with Crippen LogP contribution < -0.4 is 4.90 Å². The van der Waals surface area contributed by atoms with Crippen LogP contribution in [0, 0.1) is 0 Å². The van der Waals surface area contributed by atoms with Crippen LogP contribution in [-0.2, 0) is 20.7 Å². The van der Waals surface area contributed by atoms with Gasteiger partial charge >= 0.3 is 5.97 Å². The van der Waals surface area contributed by atoms with Crippen molar-refractivity contribution in [3.63, 3.8) is 0 Å². The molecule has 6 nitrogen and oxygen atoms in total. The molecule has 0 aliphatic carbocycles. The lowest BCUT2D eigenvalue weighted by Gasteiger charge is -2.23. The molecule has 1 saturated heterocycles. The largest absolute Gasteiger partial charge is 0.467 e. The molecule has 1 atom stereocenters. The second-order valence-electron chi connectivity index (χ2n) is 5.94. The molecule has 0 bridgehead atoms. The fraction of sp³-hybridized carbons (Fsp3) is 0.471. The Morgan fingerprint density at radius 2 is 2.00 bits per heavy atom. The summed E-state index contributed by atoms with van der Waals surface area (Å²) in [6, 6.07) is 4.90. The number of anilines is 1. The van der Waals surface area contributed by atoms with Gasteiger partial charge < -0.3 is 14.5 Å². The maximum absolute atomic E-state index is 12.7. The molecular weight excluding hydrogens is 296 g/mol. The number of carbonyl (C=O) groups is 3. The molecule has 6 heteroatoms. The number of nitrogens with zero attached hydrogens (tertiary/aromatic N) is 2. The van der Waals surface area contributed by atoms with Crippen LogP contribution in [0.15, 0.2) is 18.2 Å². The number of ether oxygens (including phenoxy) is 1. The summed E-state index contributed by atoms with van der Waals surface area (Å²) in [7, 11) is 1.34. The summed E-state index contributed by atoms with van der Waals surface area (Å²) in [6.45, 7) is 2.76. The Morgan fingerprint density at radius 3 is 2.70 bits per heavy atom. The normalized spacial score (nSPS) is 19.7. The first-order chi connectivity index (χ1) is 11.0. The maximum atomic E-state index is 12.7. The van der Waals surface area contributed by atoms with Crippen molar-refractivity contribution in [3.05, 3.63) is 29.3 Å². The van der Waals surface area contributed by atoms with E-state index in [4.69, 9.17) is 4.74 Å². The zero-order valence-electron chi connectivity index (χ0n) is 13.4. The van der Waals surface area contributed by atoms with Gasteiger partial charge in [0.25, 0.3) is 5.91 Å². The fourth-order valence-corrected chi connectivity index (χ4v) is 3.42. The van der Waals surface area contributed by atoms with Crippen molar-refractivity contribution in [1.29, 1.82) is 0 Å². The van der Waals surface area contributed by atoms with E-state index in [1.54, 1.807) is 22.8 Å². The van der Waals surface area contributed by atoms with Crippen molar-refractivity contribution in [2.24, 2.45) is 0 Å². The van der Waals surface area contributed by atoms with Gasteiger partial charge in [-0.25, -0.2) is 4.79 Å². The molecule has 0 aromatic heterocycles. The predicted octanol–water partition coefficient (Wildman–Crippen LogP) is 1.37. The number of amides is 2. The molecule has 1 aromatic rings. The van der Waals surface area contributed by atoms with E-state index in [0.29, 0.717) is 25.1 Å². The van der Waals surface area contributed by atoms with E-state index in [1.165, 1.54) is 7.11 Å². The fourth-order valence-electron chi connectivity index (χ4n) is 3.42. The molecule has 0 saturated carbocycles. The molecule has 0 radical (unpaired) electrons. The zero-order chi connectivity index (χ0) is 16.6. The summed E-state index contributed by atoms with van der Waals surface area (Å²) in [4.78, 5) is 39.4. The standard InChI is InChI=1S/C17H20N2O4/c1-11(20)18-9-7-12-10-13(5-6-14(12)18)16(21)19-8-3-4-15(19)17(22)23-2/h5-6,10,15H,3-4,7-9H2,1-2H3/t15-/m1/s1. The Bertz CT molecular complexity index is 671. The second-order valence-corrected chi connectivity index (χ2v) is 5.94. The molecule has 0 unspecified atom stereocenters. The monoisotopic (exact) mass is 316 g/mol. The van der Waals surface area contributed by atoms with Crippen LogP contribution in [-0.4, -0.2) is 48.9 Å². The molecule has 3 rings (SSSR count). The lowest BCUT2D eigenvalue weighted by atomic mass is 10.1. The van der Waals surface area contributed by atoms with Gasteiger partial charge in [-0.1, -0.05) is 0 Å². The van der Waals surface area contributed by atoms with Crippen molar-refractivity contribution in [2.75, 3.05) is 25.1 Å². The minimum Gasteiger partial charge on any atom is -0.467 e.